The predicted molar refractivity (Wildman–Crippen MR) is 69.2 cm³/mol. The van der Waals surface area contributed by atoms with Crippen LogP contribution in [0.1, 0.15) is 59.8 Å². The van der Waals surface area contributed by atoms with Gasteiger partial charge in [0.05, 0.1) is 0 Å². The zero-order chi connectivity index (χ0) is 12.6. The van der Waals surface area contributed by atoms with Crippen LogP contribution in [0, 0.1) is 5.92 Å². The van der Waals surface area contributed by atoms with Crippen LogP contribution in [0.2, 0.25) is 0 Å². The van der Waals surface area contributed by atoms with Gasteiger partial charge in [-0.3, -0.25) is 4.79 Å². The van der Waals surface area contributed by atoms with E-state index in [1.54, 1.807) is 0 Å². The highest BCUT2D eigenvalue weighted by Crippen LogP contribution is 2.14. The maximum absolute atomic E-state index is 10.9. The average molecular weight is 228 g/mol. The first-order chi connectivity index (χ1) is 7.41. The van der Waals surface area contributed by atoms with Gasteiger partial charge in [0.1, 0.15) is 0 Å². The van der Waals surface area contributed by atoms with E-state index in [9.17, 15) is 4.79 Å². The van der Waals surface area contributed by atoms with Gasteiger partial charge in [0.25, 0.3) is 0 Å². The number of carbonyl (C=O) groups excluding carboxylic acids is 1. The van der Waals surface area contributed by atoms with Crippen molar-refractivity contribution in [3.63, 3.8) is 0 Å². The van der Waals surface area contributed by atoms with Crippen molar-refractivity contribution < 1.29 is 4.79 Å². The van der Waals surface area contributed by atoms with E-state index in [-0.39, 0.29) is 11.4 Å². The quantitative estimate of drug-likeness (QED) is 0.637. The minimum atomic E-state index is -0.237. The normalized spacial score (nSPS) is 13.8. The van der Waals surface area contributed by atoms with Crippen molar-refractivity contribution in [1.82, 2.24) is 5.32 Å². The van der Waals surface area contributed by atoms with Crippen LogP contribution in [0.25, 0.3) is 0 Å². The fourth-order valence-electron chi connectivity index (χ4n) is 1.86. The Hall–Kier alpha value is -0.570. The molecule has 0 saturated heterocycles. The third-order valence-corrected chi connectivity index (χ3v) is 3.03. The third kappa shape index (κ3) is 7.69. The van der Waals surface area contributed by atoms with Gasteiger partial charge in [-0.1, -0.05) is 33.1 Å². The number of carbonyl (C=O) groups is 1. The highest BCUT2D eigenvalue weighted by atomic mass is 16.1. The second-order valence-electron chi connectivity index (χ2n) is 5.32. The number of hydrogen-bond acceptors (Lipinski definition) is 2. The molecule has 0 rings (SSSR count). The van der Waals surface area contributed by atoms with E-state index in [4.69, 9.17) is 5.73 Å². The minimum Gasteiger partial charge on any atom is -0.370 e. The molecule has 0 fully saturated rings. The smallest absolute Gasteiger partial charge is 0.219 e. The maximum Gasteiger partial charge on any atom is 0.219 e. The van der Waals surface area contributed by atoms with Crippen molar-refractivity contribution in [2.45, 2.75) is 65.3 Å². The number of nitrogens with two attached hydrogens (primary N) is 1. The summed E-state index contributed by atoms with van der Waals surface area (Å²) in [5, 5.41) is 3.45. The van der Waals surface area contributed by atoms with Gasteiger partial charge < -0.3 is 11.1 Å². The van der Waals surface area contributed by atoms with E-state index < -0.39 is 0 Å². The zero-order valence-corrected chi connectivity index (χ0v) is 11.3. The molecular weight excluding hydrogens is 200 g/mol. The molecule has 0 aromatic rings. The van der Waals surface area contributed by atoms with Gasteiger partial charge in [-0.25, -0.2) is 0 Å². The number of nitrogens with one attached hydrogen (secondary N) is 1. The van der Waals surface area contributed by atoms with Crippen molar-refractivity contribution in [2.75, 3.05) is 6.54 Å². The highest BCUT2D eigenvalue weighted by Gasteiger charge is 2.20. The number of rotatable bonds is 9. The molecule has 96 valence electrons. The lowest BCUT2D eigenvalue weighted by molar-refractivity contribution is -0.119. The van der Waals surface area contributed by atoms with E-state index in [1.807, 2.05) is 13.8 Å². The molecule has 0 aromatic carbocycles. The Morgan fingerprint density at radius 3 is 2.44 bits per heavy atom. The van der Waals surface area contributed by atoms with Crippen molar-refractivity contribution in [3.8, 4) is 0 Å². The van der Waals surface area contributed by atoms with Crippen LogP contribution >= 0.6 is 0 Å². The van der Waals surface area contributed by atoms with Gasteiger partial charge in [0, 0.05) is 12.0 Å². The van der Waals surface area contributed by atoms with E-state index in [1.165, 1.54) is 25.7 Å². The first-order valence-corrected chi connectivity index (χ1v) is 6.44. The highest BCUT2D eigenvalue weighted by molar-refractivity contribution is 5.74. The molecule has 0 bridgehead atoms. The summed E-state index contributed by atoms with van der Waals surface area (Å²) in [6, 6.07) is 0. The first kappa shape index (κ1) is 15.4. The van der Waals surface area contributed by atoms with Crippen LogP contribution < -0.4 is 11.1 Å². The Morgan fingerprint density at radius 2 is 2.00 bits per heavy atom. The Balaban J connectivity index is 3.94. The number of primary amides is 1. The average Bonchev–Trinajstić information content (AvgIpc) is 2.16. The molecule has 16 heavy (non-hydrogen) atoms. The van der Waals surface area contributed by atoms with Crippen LogP contribution in [0.4, 0.5) is 0 Å². The lowest BCUT2D eigenvalue weighted by atomic mass is 9.95. The van der Waals surface area contributed by atoms with Crippen molar-refractivity contribution in [2.24, 2.45) is 11.7 Å². The maximum atomic E-state index is 10.9. The Morgan fingerprint density at radius 1 is 1.38 bits per heavy atom. The molecule has 0 radical (unpaired) electrons. The molecule has 0 saturated carbocycles. The molecule has 3 N–H and O–H groups in total. The number of amides is 1. The Kier molecular flexibility index (Phi) is 7.39. The van der Waals surface area contributed by atoms with Gasteiger partial charge in [-0.05, 0) is 32.7 Å². The molecule has 0 aliphatic heterocycles. The van der Waals surface area contributed by atoms with Gasteiger partial charge >= 0.3 is 0 Å². The monoisotopic (exact) mass is 228 g/mol. The second kappa shape index (κ2) is 7.66. The van der Waals surface area contributed by atoms with Gasteiger partial charge in [-0.15, -0.1) is 0 Å². The van der Waals surface area contributed by atoms with E-state index >= 15 is 0 Å². The third-order valence-electron chi connectivity index (χ3n) is 3.03. The predicted octanol–water partition coefficient (Wildman–Crippen LogP) is 2.45. The largest absolute Gasteiger partial charge is 0.370 e. The summed E-state index contributed by atoms with van der Waals surface area (Å²) in [6.07, 6.45) is 5.40. The molecule has 0 heterocycles. The lowest BCUT2D eigenvalue weighted by Gasteiger charge is -2.27. The molecular formula is C13H28N2O. The van der Waals surface area contributed by atoms with Crippen LogP contribution in [-0.2, 0) is 4.79 Å². The summed E-state index contributed by atoms with van der Waals surface area (Å²) in [5.41, 5.74) is 5.04. The molecule has 0 spiro atoms. The lowest BCUT2D eigenvalue weighted by Crippen LogP contribution is -2.44. The summed E-state index contributed by atoms with van der Waals surface area (Å²) in [7, 11) is 0. The summed E-state index contributed by atoms with van der Waals surface area (Å²) in [6.45, 7) is 9.49. The topological polar surface area (TPSA) is 55.1 Å². The SMILES string of the molecule is CCCCC(CC)CNC(C)(C)CC(N)=O. The fraction of sp³-hybridized carbons (Fsp3) is 0.923. The molecule has 1 unspecified atom stereocenters. The molecule has 1 amide bonds. The fourth-order valence-corrected chi connectivity index (χ4v) is 1.86. The molecule has 1 atom stereocenters. The van der Waals surface area contributed by atoms with E-state index in [2.05, 4.69) is 19.2 Å². The van der Waals surface area contributed by atoms with Gasteiger partial charge in [0.15, 0.2) is 0 Å². The number of unbranched alkanes of at least 4 members (excludes halogenated alkanes) is 1. The van der Waals surface area contributed by atoms with E-state index in [0.29, 0.717) is 12.3 Å². The first-order valence-electron chi connectivity index (χ1n) is 6.44. The molecule has 0 aromatic heterocycles. The van der Waals surface area contributed by atoms with Gasteiger partial charge in [-0.2, -0.15) is 0 Å². The van der Waals surface area contributed by atoms with E-state index in [0.717, 1.165) is 6.54 Å². The van der Waals surface area contributed by atoms with Gasteiger partial charge in [0.2, 0.25) is 5.91 Å². The van der Waals surface area contributed by atoms with Crippen LogP contribution in [0.3, 0.4) is 0 Å². The zero-order valence-electron chi connectivity index (χ0n) is 11.3. The summed E-state index contributed by atoms with van der Waals surface area (Å²) < 4.78 is 0. The van der Waals surface area contributed by atoms with Crippen LogP contribution in [0.5, 0.6) is 0 Å². The minimum absolute atomic E-state index is 0.175. The van der Waals surface area contributed by atoms with Crippen molar-refractivity contribution >= 4 is 5.91 Å². The van der Waals surface area contributed by atoms with Crippen molar-refractivity contribution in [3.05, 3.63) is 0 Å². The van der Waals surface area contributed by atoms with Crippen LogP contribution in [-0.4, -0.2) is 18.0 Å². The molecule has 3 heteroatoms. The standard InChI is InChI=1S/C13H28N2O/c1-5-7-8-11(6-2)10-15-13(3,4)9-12(14)16/h11,15H,5-10H2,1-4H3,(H2,14,16). The van der Waals surface area contributed by atoms with Crippen LogP contribution in [0.15, 0.2) is 0 Å². The molecule has 0 aliphatic rings. The van der Waals surface area contributed by atoms with Crippen molar-refractivity contribution in [1.29, 1.82) is 0 Å². The number of hydrogen-bond donors (Lipinski definition) is 2. The molecule has 0 aliphatic carbocycles. The summed E-state index contributed by atoms with van der Waals surface area (Å²) >= 11 is 0. The second-order valence-corrected chi connectivity index (χ2v) is 5.32. The summed E-state index contributed by atoms with van der Waals surface area (Å²) in [5.74, 6) is 0.478. The Bertz CT molecular complexity index is 202. The summed E-state index contributed by atoms with van der Waals surface area (Å²) in [4.78, 5) is 10.9. The Labute approximate surface area is 100 Å². The molecule has 3 nitrogen and oxygen atoms in total.